The van der Waals surface area contributed by atoms with E-state index in [1.54, 1.807) is 24.5 Å². The summed E-state index contributed by atoms with van der Waals surface area (Å²) in [7, 11) is 1.69. The summed E-state index contributed by atoms with van der Waals surface area (Å²) >= 11 is 7.84. The first-order chi connectivity index (χ1) is 15.5. The van der Waals surface area contributed by atoms with Crippen LogP contribution in [0.25, 0.3) is 16.3 Å². The molecule has 2 heterocycles. The summed E-state index contributed by atoms with van der Waals surface area (Å²) in [6.45, 7) is 7.27. The van der Waals surface area contributed by atoms with Gasteiger partial charge in [-0.15, -0.1) is 0 Å². The van der Waals surface area contributed by atoms with Crippen LogP contribution in [0.4, 0.5) is 5.13 Å². The monoisotopic (exact) mass is 470 g/mol. The third-order valence-electron chi connectivity index (χ3n) is 5.60. The van der Waals surface area contributed by atoms with Crippen molar-refractivity contribution in [2.75, 3.05) is 51.3 Å². The van der Waals surface area contributed by atoms with Crippen LogP contribution in [0.2, 0.25) is 5.02 Å². The van der Waals surface area contributed by atoms with E-state index >= 15 is 0 Å². The number of amides is 1. The van der Waals surface area contributed by atoms with Gasteiger partial charge in [-0.05, 0) is 36.3 Å². The van der Waals surface area contributed by atoms with Crippen LogP contribution in [0.5, 0.6) is 5.75 Å². The van der Waals surface area contributed by atoms with Gasteiger partial charge in [-0.3, -0.25) is 9.69 Å². The number of aryl methyl sites for hydroxylation is 1. The zero-order valence-corrected chi connectivity index (χ0v) is 19.9. The lowest BCUT2D eigenvalue weighted by atomic mass is 10.2. The van der Waals surface area contributed by atoms with Gasteiger partial charge < -0.3 is 15.0 Å². The topological polar surface area (TPSA) is 57.7 Å². The molecule has 0 aliphatic carbocycles. The molecule has 0 radical (unpaired) electrons. The Bertz CT molecular complexity index is 1120. The summed E-state index contributed by atoms with van der Waals surface area (Å²) in [6.07, 6.45) is 3.27. The molecule has 32 heavy (non-hydrogen) atoms. The van der Waals surface area contributed by atoms with Gasteiger partial charge in [-0.25, -0.2) is 4.98 Å². The fraction of sp³-hybridized carbons (Fsp3) is 0.333. The van der Waals surface area contributed by atoms with Crippen molar-refractivity contribution in [3.8, 4) is 5.75 Å². The standard InChI is InChI=1S/C24H27ClN4O2S/c1-17-7-9-20(31-2)22-23(17)32-24(27-22)29-15-13-28(14-16-29)12-11-26-21(30)10-8-18-5-3-4-6-19(18)25/h3-10H,11-16H2,1-2H3,(H,26,30)/b10-8+. The zero-order valence-electron chi connectivity index (χ0n) is 18.3. The van der Waals surface area contributed by atoms with Gasteiger partial charge in [-0.2, -0.15) is 0 Å². The van der Waals surface area contributed by atoms with Crippen LogP contribution >= 0.6 is 22.9 Å². The van der Waals surface area contributed by atoms with E-state index in [1.165, 1.54) is 16.3 Å². The molecule has 0 spiro atoms. The fourth-order valence-electron chi connectivity index (χ4n) is 3.73. The zero-order chi connectivity index (χ0) is 22.5. The van der Waals surface area contributed by atoms with E-state index in [-0.39, 0.29) is 5.91 Å². The Balaban J connectivity index is 1.25. The number of rotatable bonds is 7. The van der Waals surface area contributed by atoms with E-state index < -0.39 is 0 Å². The van der Waals surface area contributed by atoms with Crippen molar-refractivity contribution in [1.82, 2.24) is 15.2 Å². The Morgan fingerprint density at radius 3 is 2.75 bits per heavy atom. The number of hydrogen-bond donors (Lipinski definition) is 1. The number of carbonyl (C=O) groups excluding carboxylic acids is 1. The highest BCUT2D eigenvalue weighted by atomic mass is 35.5. The number of fused-ring (bicyclic) bond motifs is 1. The summed E-state index contributed by atoms with van der Waals surface area (Å²) in [5.41, 5.74) is 3.01. The van der Waals surface area contributed by atoms with Crippen LogP contribution < -0.4 is 15.0 Å². The maximum atomic E-state index is 12.1. The van der Waals surface area contributed by atoms with E-state index in [4.69, 9.17) is 21.3 Å². The summed E-state index contributed by atoms with van der Waals surface area (Å²) in [5, 5.41) is 4.63. The molecule has 1 fully saturated rings. The van der Waals surface area contributed by atoms with Crippen molar-refractivity contribution in [2.45, 2.75) is 6.92 Å². The average Bonchev–Trinajstić information content (AvgIpc) is 3.26. The number of benzene rings is 2. The molecule has 2 aromatic carbocycles. The predicted molar refractivity (Wildman–Crippen MR) is 133 cm³/mol. The molecule has 1 amide bonds. The van der Waals surface area contributed by atoms with Gasteiger partial charge in [-0.1, -0.05) is 47.2 Å². The molecule has 6 nitrogen and oxygen atoms in total. The quantitative estimate of drug-likeness (QED) is 0.524. The van der Waals surface area contributed by atoms with Crippen LogP contribution in [-0.2, 0) is 4.79 Å². The summed E-state index contributed by atoms with van der Waals surface area (Å²) < 4.78 is 6.67. The molecule has 0 atom stereocenters. The molecular formula is C24H27ClN4O2S. The van der Waals surface area contributed by atoms with Gasteiger partial charge in [0.2, 0.25) is 5.91 Å². The SMILES string of the molecule is COc1ccc(C)c2sc(N3CCN(CCNC(=O)/C=C/c4ccccc4Cl)CC3)nc12. The van der Waals surface area contributed by atoms with Crippen LogP contribution in [0.15, 0.2) is 42.5 Å². The highest BCUT2D eigenvalue weighted by Gasteiger charge is 2.21. The second-order valence-corrected chi connectivity index (χ2v) is 9.12. The van der Waals surface area contributed by atoms with Crippen molar-refractivity contribution in [3.05, 3.63) is 58.6 Å². The Morgan fingerprint density at radius 2 is 2.00 bits per heavy atom. The number of nitrogens with one attached hydrogen (secondary N) is 1. The Morgan fingerprint density at radius 1 is 1.22 bits per heavy atom. The van der Waals surface area contributed by atoms with E-state index in [9.17, 15) is 4.79 Å². The minimum absolute atomic E-state index is 0.109. The molecule has 1 aliphatic rings. The Labute approximate surface area is 197 Å². The third kappa shape index (κ3) is 5.23. The summed E-state index contributed by atoms with van der Waals surface area (Å²) in [4.78, 5) is 21.7. The van der Waals surface area contributed by atoms with Gasteiger partial charge in [0.1, 0.15) is 11.3 Å². The third-order valence-corrected chi connectivity index (χ3v) is 7.20. The van der Waals surface area contributed by atoms with Crippen LogP contribution in [0, 0.1) is 6.92 Å². The maximum absolute atomic E-state index is 12.1. The molecule has 0 unspecified atom stereocenters. The number of nitrogens with zero attached hydrogens (tertiary/aromatic N) is 3. The lowest BCUT2D eigenvalue weighted by molar-refractivity contribution is -0.116. The average molecular weight is 471 g/mol. The van der Waals surface area contributed by atoms with Crippen molar-refractivity contribution in [1.29, 1.82) is 0 Å². The van der Waals surface area contributed by atoms with Gasteiger partial charge in [0.25, 0.3) is 0 Å². The number of carbonyl (C=O) groups is 1. The number of halogens is 1. The number of aromatic nitrogens is 1. The largest absolute Gasteiger partial charge is 0.494 e. The van der Waals surface area contributed by atoms with Crippen LogP contribution in [0.1, 0.15) is 11.1 Å². The molecule has 0 saturated carbocycles. The smallest absolute Gasteiger partial charge is 0.244 e. The Kier molecular flexibility index (Phi) is 7.29. The second kappa shape index (κ2) is 10.3. The summed E-state index contributed by atoms with van der Waals surface area (Å²) in [5.74, 6) is 0.716. The molecule has 1 saturated heterocycles. The molecule has 1 aromatic heterocycles. The second-order valence-electron chi connectivity index (χ2n) is 7.73. The molecule has 0 bridgehead atoms. The van der Waals surface area contributed by atoms with Crippen molar-refractivity contribution in [3.63, 3.8) is 0 Å². The molecule has 3 aromatic rings. The van der Waals surface area contributed by atoms with Crippen molar-refractivity contribution in [2.24, 2.45) is 0 Å². The van der Waals surface area contributed by atoms with E-state index in [2.05, 4.69) is 28.1 Å². The first-order valence-corrected chi connectivity index (χ1v) is 11.9. The van der Waals surface area contributed by atoms with Crippen molar-refractivity contribution >= 4 is 50.3 Å². The number of hydrogen-bond acceptors (Lipinski definition) is 6. The van der Waals surface area contributed by atoms with Gasteiger partial charge in [0, 0.05) is 50.4 Å². The normalized spacial score (nSPS) is 14.9. The predicted octanol–water partition coefficient (Wildman–Crippen LogP) is 4.22. The van der Waals surface area contributed by atoms with E-state index in [1.807, 2.05) is 30.3 Å². The molecule has 4 rings (SSSR count). The molecule has 8 heteroatoms. The summed E-state index contributed by atoms with van der Waals surface area (Å²) in [6, 6.07) is 11.5. The van der Waals surface area contributed by atoms with E-state index in [0.717, 1.165) is 54.7 Å². The highest BCUT2D eigenvalue weighted by Crippen LogP contribution is 2.36. The van der Waals surface area contributed by atoms with Gasteiger partial charge >= 0.3 is 0 Å². The van der Waals surface area contributed by atoms with Crippen molar-refractivity contribution < 1.29 is 9.53 Å². The van der Waals surface area contributed by atoms with Crippen LogP contribution in [0.3, 0.4) is 0 Å². The number of methoxy groups -OCH3 is 1. The molecule has 1 aliphatic heterocycles. The number of anilines is 1. The van der Waals surface area contributed by atoms with Gasteiger partial charge in [0.15, 0.2) is 5.13 Å². The number of thiazole rings is 1. The minimum Gasteiger partial charge on any atom is -0.494 e. The maximum Gasteiger partial charge on any atom is 0.244 e. The number of piperazine rings is 1. The first-order valence-electron chi connectivity index (χ1n) is 10.7. The molecule has 168 valence electrons. The number of ether oxygens (including phenoxy) is 1. The Hall–Kier alpha value is -2.61. The van der Waals surface area contributed by atoms with Gasteiger partial charge in [0.05, 0.1) is 11.8 Å². The highest BCUT2D eigenvalue weighted by molar-refractivity contribution is 7.22. The van der Waals surface area contributed by atoms with Crippen LogP contribution in [-0.4, -0.2) is 62.2 Å². The minimum atomic E-state index is -0.109. The molecular weight excluding hydrogens is 444 g/mol. The first kappa shape index (κ1) is 22.6. The molecule has 1 N–H and O–H groups in total. The van der Waals surface area contributed by atoms with E-state index in [0.29, 0.717) is 11.6 Å². The lowest BCUT2D eigenvalue weighted by Crippen LogP contribution is -2.48. The lowest BCUT2D eigenvalue weighted by Gasteiger charge is -2.34. The fourth-order valence-corrected chi connectivity index (χ4v) is 5.03.